The Morgan fingerprint density at radius 1 is 1.12 bits per heavy atom. The van der Waals surface area contributed by atoms with Crippen molar-refractivity contribution in [2.75, 3.05) is 19.1 Å². The van der Waals surface area contributed by atoms with Crippen LogP contribution in [0.1, 0.15) is 5.69 Å². The molecule has 0 saturated heterocycles. The maximum Gasteiger partial charge on any atom is 0.433 e. The molecule has 0 unspecified atom stereocenters. The first-order valence-electron chi connectivity index (χ1n) is 6.62. The van der Waals surface area contributed by atoms with Gasteiger partial charge in [-0.2, -0.15) is 13.2 Å². The van der Waals surface area contributed by atoms with E-state index in [-0.39, 0.29) is 45.0 Å². The van der Waals surface area contributed by atoms with E-state index in [2.05, 4.69) is 0 Å². The van der Waals surface area contributed by atoms with E-state index in [1.165, 1.54) is 0 Å². The van der Waals surface area contributed by atoms with Gasteiger partial charge in [0, 0.05) is 6.07 Å². The number of nitrogen functional groups attached to an aromatic ring is 1. The highest BCUT2D eigenvalue weighted by Gasteiger charge is 2.36. The SMILES string of the molecule is Nn1c(C(F)(F)F)cc(=O)n(-c2c(F)cc(Cl)c3c2OCCO3)c1=O. The maximum atomic E-state index is 14.4. The van der Waals surface area contributed by atoms with Gasteiger partial charge in [0.1, 0.15) is 18.9 Å². The highest BCUT2D eigenvalue weighted by Crippen LogP contribution is 2.42. The smallest absolute Gasteiger partial charge is 0.433 e. The molecule has 134 valence electrons. The van der Waals surface area contributed by atoms with E-state index in [4.69, 9.17) is 26.9 Å². The normalized spacial score (nSPS) is 13.8. The van der Waals surface area contributed by atoms with Gasteiger partial charge in [0.15, 0.2) is 23.0 Å². The van der Waals surface area contributed by atoms with Crippen LogP contribution in [-0.4, -0.2) is 22.5 Å². The van der Waals surface area contributed by atoms with E-state index in [1.54, 1.807) is 0 Å². The maximum absolute atomic E-state index is 14.4. The quantitative estimate of drug-likeness (QED) is 0.594. The molecule has 2 heterocycles. The van der Waals surface area contributed by atoms with Crippen LogP contribution in [0, 0.1) is 5.82 Å². The minimum atomic E-state index is -5.05. The van der Waals surface area contributed by atoms with Crippen molar-refractivity contribution in [2.45, 2.75) is 6.18 Å². The molecule has 7 nitrogen and oxygen atoms in total. The zero-order valence-corrected chi connectivity index (χ0v) is 12.8. The van der Waals surface area contributed by atoms with E-state index in [9.17, 15) is 27.2 Å². The minimum absolute atomic E-state index is 0.0496. The molecule has 0 fully saturated rings. The number of alkyl halides is 3. The Hall–Kier alpha value is -2.69. The summed E-state index contributed by atoms with van der Waals surface area (Å²) < 4.78 is 63.0. The molecule has 1 aromatic carbocycles. The second-order valence-corrected chi connectivity index (χ2v) is 5.30. The van der Waals surface area contributed by atoms with Gasteiger partial charge in [-0.15, -0.1) is 0 Å². The first kappa shape index (κ1) is 17.1. The number of ether oxygens (including phenoxy) is 2. The van der Waals surface area contributed by atoms with Gasteiger partial charge in [-0.25, -0.2) is 18.4 Å². The number of aromatic nitrogens is 2. The van der Waals surface area contributed by atoms with Gasteiger partial charge in [0.2, 0.25) is 0 Å². The topological polar surface area (TPSA) is 88.5 Å². The molecule has 2 N–H and O–H groups in total. The van der Waals surface area contributed by atoms with Gasteiger partial charge < -0.3 is 15.3 Å². The summed E-state index contributed by atoms with van der Waals surface area (Å²) in [4.78, 5) is 24.3. The first-order valence-corrected chi connectivity index (χ1v) is 7.00. The van der Waals surface area contributed by atoms with E-state index in [0.29, 0.717) is 0 Å². The standard InChI is InChI=1S/C13H8ClF4N3O4/c14-5-3-6(15)9(11-10(5)24-1-2-25-11)20-8(22)4-7(13(16,17)18)21(19)12(20)23/h3-4H,1-2,19H2. The Morgan fingerprint density at radius 3 is 2.32 bits per heavy atom. The third-order valence-corrected chi connectivity index (χ3v) is 3.63. The summed E-state index contributed by atoms with van der Waals surface area (Å²) >= 11 is 5.81. The average molecular weight is 382 g/mol. The molecular weight excluding hydrogens is 374 g/mol. The summed E-state index contributed by atoms with van der Waals surface area (Å²) in [6, 6.07) is 0.820. The van der Waals surface area contributed by atoms with Gasteiger partial charge in [-0.05, 0) is 6.07 Å². The van der Waals surface area contributed by atoms with Crippen LogP contribution in [0.4, 0.5) is 17.6 Å². The summed E-state index contributed by atoms with van der Waals surface area (Å²) in [5.74, 6) is 3.44. The van der Waals surface area contributed by atoms with Crippen molar-refractivity contribution in [3.63, 3.8) is 0 Å². The molecule has 0 aliphatic carbocycles. The molecule has 0 spiro atoms. The molecule has 0 amide bonds. The van der Waals surface area contributed by atoms with Crippen molar-refractivity contribution in [1.29, 1.82) is 0 Å². The lowest BCUT2D eigenvalue weighted by Gasteiger charge is -2.23. The average Bonchev–Trinajstić information content (AvgIpc) is 2.53. The molecule has 2 aromatic rings. The number of nitrogens with zero attached hydrogens (tertiary/aromatic N) is 2. The fourth-order valence-electron chi connectivity index (χ4n) is 2.31. The van der Waals surface area contributed by atoms with Crippen LogP contribution >= 0.6 is 11.6 Å². The molecule has 1 aliphatic rings. The van der Waals surface area contributed by atoms with Gasteiger partial charge in [0.05, 0.1) is 5.02 Å². The number of hydrogen-bond donors (Lipinski definition) is 1. The van der Waals surface area contributed by atoms with Crippen LogP contribution < -0.4 is 26.6 Å². The summed E-state index contributed by atoms with van der Waals surface area (Å²) in [6.45, 7) is 0.0206. The lowest BCUT2D eigenvalue weighted by molar-refractivity contribution is -0.143. The summed E-state index contributed by atoms with van der Waals surface area (Å²) in [6.07, 6.45) is -5.05. The molecular formula is C13H8ClF4N3O4. The Kier molecular flexibility index (Phi) is 3.90. The Bertz CT molecular complexity index is 983. The van der Waals surface area contributed by atoms with E-state index >= 15 is 0 Å². The van der Waals surface area contributed by atoms with Crippen LogP contribution in [0.5, 0.6) is 11.5 Å². The zero-order valence-electron chi connectivity index (χ0n) is 12.1. The molecule has 3 rings (SSSR count). The van der Waals surface area contributed by atoms with Crippen LogP contribution in [0.25, 0.3) is 5.69 Å². The van der Waals surface area contributed by atoms with Gasteiger partial charge in [-0.1, -0.05) is 11.6 Å². The second-order valence-electron chi connectivity index (χ2n) is 4.90. The molecule has 12 heteroatoms. The van der Waals surface area contributed by atoms with Crippen LogP contribution in [-0.2, 0) is 6.18 Å². The number of fused-ring (bicyclic) bond motifs is 1. The summed E-state index contributed by atoms with van der Waals surface area (Å²) in [5.41, 5.74) is -5.48. The predicted octanol–water partition coefficient (Wildman–Crippen LogP) is 1.30. The Labute approximate surface area is 140 Å². The van der Waals surface area contributed by atoms with Crippen molar-refractivity contribution in [1.82, 2.24) is 9.24 Å². The largest absolute Gasteiger partial charge is 0.484 e. The Morgan fingerprint density at radius 2 is 1.72 bits per heavy atom. The van der Waals surface area contributed by atoms with E-state index < -0.39 is 34.6 Å². The molecule has 0 bridgehead atoms. The van der Waals surface area contributed by atoms with Crippen LogP contribution in [0.2, 0.25) is 5.02 Å². The lowest BCUT2D eigenvalue weighted by Crippen LogP contribution is -2.45. The fourth-order valence-corrected chi connectivity index (χ4v) is 2.55. The first-order chi connectivity index (χ1) is 11.6. The van der Waals surface area contributed by atoms with Crippen molar-refractivity contribution >= 4 is 11.6 Å². The lowest BCUT2D eigenvalue weighted by atomic mass is 10.2. The summed E-state index contributed by atoms with van der Waals surface area (Å²) in [5, 5.41) is -0.191. The van der Waals surface area contributed by atoms with Gasteiger partial charge >= 0.3 is 11.9 Å². The molecule has 1 aliphatic heterocycles. The second kappa shape index (κ2) is 5.69. The number of halogens is 5. The van der Waals surface area contributed by atoms with Crippen LogP contribution in [0.15, 0.2) is 21.7 Å². The van der Waals surface area contributed by atoms with Crippen LogP contribution in [0.3, 0.4) is 0 Å². The highest BCUT2D eigenvalue weighted by molar-refractivity contribution is 6.32. The van der Waals surface area contributed by atoms with Gasteiger partial charge in [-0.3, -0.25) is 4.79 Å². The molecule has 25 heavy (non-hydrogen) atoms. The van der Waals surface area contributed by atoms with Crippen molar-refractivity contribution in [3.05, 3.63) is 49.5 Å². The monoisotopic (exact) mass is 381 g/mol. The van der Waals surface area contributed by atoms with E-state index in [1.807, 2.05) is 0 Å². The fraction of sp³-hybridized carbons (Fsp3) is 0.231. The predicted molar refractivity (Wildman–Crippen MR) is 77.4 cm³/mol. The molecule has 0 radical (unpaired) electrons. The number of benzene rings is 1. The minimum Gasteiger partial charge on any atom is -0.484 e. The Balaban J connectivity index is 2.38. The summed E-state index contributed by atoms with van der Waals surface area (Å²) in [7, 11) is 0. The highest BCUT2D eigenvalue weighted by atomic mass is 35.5. The molecule has 1 aromatic heterocycles. The van der Waals surface area contributed by atoms with E-state index in [0.717, 1.165) is 6.07 Å². The number of hydrogen-bond acceptors (Lipinski definition) is 5. The number of rotatable bonds is 1. The van der Waals surface area contributed by atoms with Crippen molar-refractivity contribution in [2.24, 2.45) is 0 Å². The molecule has 0 atom stereocenters. The third-order valence-electron chi connectivity index (χ3n) is 3.35. The van der Waals surface area contributed by atoms with Gasteiger partial charge in [0.25, 0.3) is 5.56 Å². The third kappa shape index (κ3) is 2.69. The van der Waals surface area contributed by atoms with Crippen molar-refractivity contribution < 1.29 is 27.0 Å². The zero-order chi connectivity index (χ0) is 18.5. The molecule has 0 saturated carbocycles. The van der Waals surface area contributed by atoms with Crippen molar-refractivity contribution in [3.8, 4) is 17.2 Å². The number of nitrogens with two attached hydrogens (primary N) is 1.